The molecule has 2 N–H and O–H groups in total. The van der Waals surface area contributed by atoms with E-state index in [0.717, 1.165) is 12.0 Å². The van der Waals surface area contributed by atoms with Gasteiger partial charge in [-0.2, -0.15) is 0 Å². The van der Waals surface area contributed by atoms with E-state index in [1.165, 1.54) is 5.56 Å². The maximum absolute atomic E-state index is 12.6. The minimum absolute atomic E-state index is 0.0718. The van der Waals surface area contributed by atoms with Gasteiger partial charge in [0, 0.05) is 12.1 Å². The SMILES string of the molecule is CC(CCNC(=O)CC(NC(=O)c1ccccc1)c1ccccc1)c1ccccc1. The monoisotopic (exact) mass is 400 g/mol. The molecule has 0 radical (unpaired) electrons. The molecule has 0 bridgehead atoms. The molecule has 4 heteroatoms. The summed E-state index contributed by atoms with van der Waals surface area (Å²) in [6, 6.07) is 28.6. The lowest BCUT2D eigenvalue weighted by Gasteiger charge is -2.19. The summed E-state index contributed by atoms with van der Waals surface area (Å²) in [6.07, 6.45) is 1.06. The van der Waals surface area contributed by atoms with Gasteiger partial charge in [0.2, 0.25) is 5.91 Å². The Morgan fingerprint density at radius 3 is 1.90 bits per heavy atom. The Morgan fingerprint density at radius 2 is 1.30 bits per heavy atom. The smallest absolute Gasteiger partial charge is 0.251 e. The molecule has 0 aliphatic heterocycles. The van der Waals surface area contributed by atoms with Crippen molar-refractivity contribution in [3.05, 3.63) is 108 Å². The fraction of sp³-hybridized carbons (Fsp3) is 0.231. The van der Waals surface area contributed by atoms with Crippen LogP contribution in [0.2, 0.25) is 0 Å². The molecule has 0 aliphatic carbocycles. The number of hydrogen-bond acceptors (Lipinski definition) is 2. The molecule has 2 unspecified atom stereocenters. The molecule has 0 aromatic heterocycles. The highest BCUT2D eigenvalue weighted by atomic mass is 16.2. The molecule has 3 aromatic carbocycles. The first kappa shape index (κ1) is 21.3. The zero-order valence-corrected chi connectivity index (χ0v) is 17.3. The van der Waals surface area contributed by atoms with Gasteiger partial charge in [0.05, 0.1) is 12.5 Å². The van der Waals surface area contributed by atoms with Crippen LogP contribution in [-0.4, -0.2) is 18.4 Å². The summed E-state index contributed by atoms with van der Waals surface area (Å²) in [7, 11) is 0. The fourth-order valence-electron chi connectivity index (χ4n) is 3.40. The maximum atomic E-state index is 12.6. The number of amides is 2. The van der Waals surface area contributed by atoms with Crippen LogP contribution in [0.5, 0.6) is 0 Å². The van der Waals surface area contributed by atoms with Crippen LogP contribution in [0.3, 0.4) is 0 Å². The van der Waals surface area contributed by atoms with Gasteiger partial charge in [-0.25, -0.2) is 0 Å². The molecule has 0 saturated heterocycles. The zero-order chi connectivity index (χ0) is 21.2. The molecule has 3 rings (SSSR count). The standard InChI is InChI=1S/C26H28N2O2/c1-20(21-11-5-2-6-12-21)17-18-27-25(29)19-24(22-13-7-3-8-14-22)28-26(30)23-15-9-4-10-16-23/h2-16,20,24H,17-19H2,1H3,(H,27,29)(H,28,30). The fourth-order valence-corrected chi connectivity index (χ4v) is 3.40. The van der Waals surface area contributed by atoms with Gasteiger partial charge in [-0.05, 0) is 35.6 Å². The van der Waals surface area contributed by atoms with Gasteiger partial charge < -0.3 is 10.6 Å². The van der Waals surface area contributed by atoms with Crippen LogP contribution < -0.4 is 10.6 Å². The van der Waals surface area contributed by atoms with Crippen molar-refractivity contribution in [2.24, 2.45) is 0 Å². The predicted octanol–water partition coefficient (Wildman–Crippen LogP) is 4.86. The molecule has 4 nitrogen and oxygen atoms in total. The minimum atomic E-state index is -0.384. The van der Waals surface area contributed by atoms with Crippen molar-refractivity contribution >= 4 is 11.8 Å². The lowest BCUT2D eigenvalue weighted by Crippen LogP contribution is -2.34. The van der Waals surface area contributed by atoms with Gasteiger partial charge in [0.25, 0.3) is 5.91 Å². The van der Waals surface area contributed by atoms with Crippen LogP contribution in [-0.2, 0) is 4.79 Å². The van der Waals surface area contributed by atoms with E-state index in [1.54, 1.807) is 12.1 Å². The first-order valence-corrected chi connectivity index (χ1v) is 10.4. The molecule has 154 valence electrons. The average Bonchev–Trinajstić information content (AvgIpc) is 2.80. The van der Waals surface area contributed by atoms with E-state index in [1.807, 2.05) is 66.7 Å². The molecular formula is C26H28N2O2. The molecule has 2 amide bonds. The average molecular weight is 401 g/mol. The summed E-state index contributed by atoms with van der Waals surface area (Å²) in [5.74, 6) is 0.113. The number of nitrogens with one attached hydrogen (secondary N) is 2. The quantitative estimate of drug-likeness (QED) is 0.539. The number of benzene rings is 3. The van der Waals surface area contributed by atoms with Crippen LogP contribution in [0.4, 0.5) is 0 Å². The number of hydrogen-bond donors (Lipinski definition) is 2. The predicted molar refractivity (Wildman–Crippen MR) is 120 cm³/mol. The van der Waals surface area contributed by atoms with Crippen molar-refractivity contribution in [2.45, 2.75) is 31.7 Å². The van der Waals surface area contributed by atoms with E-state index < -0.39 is 0 Å². The first-order valence-electron chi connectivity index (χ1n) is 10.4. The number of carbonyl (C=O) groups excluding carboxylic acids is 2. The Balaban J connectivity index is 1.57. The summed E-state index contributed by atoms with van der Waals surface area (Å²) in [5, 5.41) is 6.01. The highest BCUT2D eigenvalue weighted by Crippen LogP contribution is 2.19. The van der Waals surface area contributed by atoms with Crippen LogP contribution in [0.25, 0.3) is 0 Å². The molecule has 0 spiro atoms. The Hall–Kier alpha value is -3.40. The lowest BCUT2D eigenvalue weighted by molar-refractivity contribution is -0.121. The van der Waals surface area contributed by atoms with E-state index in [0.29, 0.717) is 18.0 Å². The molecule has 2 atom stereocenters. The van der Waals surface area contributed by atoms with Crippen LogP contribution in [0.1, 0.15) is 53.2 Å². The van der Waals surface area contributed by atoms with Crippen molar-refractivity contribution in [3.63, 3.8) is 0 Å². The Morgan fingerprint density at radius 1 is 0.767 bits per heavy atom. The van der Waals surface area contributed by atoms with Gasteiger partial charge >= 0.3 is 0 Å². The third-order valence-corrected chi connectivity index (χ3v) is 5.20. The van der Waals surface area contributed by atoms with Gasteiger partial charge in [-0.3, -0.25) is 9.59 Å². The molecule has 0 heterocycles. The molecule has 0 saturated carbocycles. The zero-order valence-electron chi connectivity index (χ0n) is 17.3. The Labute approximate surface area is 178 Å². The van der Waals surface area contributed by atoms with Gasteiger partial charge in [0.1, 0.15) is 0 Å². The van der Waals surface area contributed by atoms with Crippen molar-refractivity contribution in [2.75, 3.05) is 6.54 Å². The molecule has 30 heavy (non-hydrogen) atoms. The first-order chi connectivity index (χ1) is 14.6. The highest BCUT2D eigenvalue weighted by molar-refractivity contribution is 5.94. The Bertz CT molecular complexity index is 927. The topological polar surface area (TPSA) is 58.2 Å². The summed E-state index contributed by atoms with van der Waals surface area (Å²) in [5.41, 5.74) is 2.76. The maximum Gasteiger partial charge on any atom is 0.251 e. The summed E-state index contributed by atoms with van der Waals surface area (Å²) in [4.78, 5) is 25.2. The number of carbonyl (C=O) groups is 2. The molecule has 3 aromatic rings. The second kappa shape index (κ2) is 11.0. The van der Waals surface area contributed by atoms with Crippen molar-refractivity contribution in [3.8, 4) is 0 Å². The minimum Gasteiger partial charge on any atom is -0.356 e. The van der Waals surface area contributed by atoms with E-state index in [2.05, 4.69) is 29.7 Å². The summed E-state index contributed by atoms with van der Waals surface area (Å²) in [6.45, 7) is 2.76. The highest BCUT2D eigenvalue weighted by Gasteiger charge is 2.19. The van der Waals surface area contributed by atoms with E-state index in [4.69, 9.17) is 0 Å². The molecule has 0 aliphatic rings. The molecule has 0 fully saturated rings. The van der Waals surface area contributed by atoms with Crippen LogP contribution in [0.15, 0.2) is 91.0 Å². The van der Waals surface area contributed by atoms with E-state index in [-0.39, 0.29) is 24.3 Å². The second-order valence-corrected chi connectivity index (χ2v) is 7.46. The molecular weight excluding hydrogens is 372 g/mol. The van der Waals surface area contributed by atoms with Gasteiger partial charge in [0.15, 0.2) is 0 Å². The van der Waals surface area contributed by atoms with Gasteiger partial charge in [-0.15, -0.1) is 0 Å². The van der Waals surface area contributed by atoms with Crippen molar-refractivity contribution in [1.82, 2.24) is 10.6 Å². The second-order valence-electron chi connectivity index (χ2n) is 7.46. The van der Waals surface area contributed by atoms with Crippen LogP contribution in [0, 0.1) is 0 Å². The number of rotatable bonds is 9. The normalized spacial score (nSPS) is 12.6. The van der Waals surface area contributed by atoms with Crippen molar-refractivity contribution in [1.29, 1.82) is 0 Å². The third kappa shape index (κ3) is 6.31. The third-order valence-electron chi connectivity index (χ3n) is 5.20. The van der Waals surface area contributed by atoms with Crippen LogP contribution >= 0.6 is 0 Å². The van der Waals surface area contributed by atoms with Gasteiger partial charge in [-0.1, -0.05) is 85.8 Å². The largest absolute Gasteiger partial charge is 0.356 e. The van der Waals surface area contributed by atoms with E-state index >= 15 is 0 Å². The summed E-state index contributed by atoms with van der Waals surface area (Å²) >= 11 is 0. The van der Waals surface area contributed by atoms with E-state index in [9.17, 15) is 9.59 Å². The lowest BCUT2D eigenvalue weighted by atomic mass is 9.98. The van der Waals surface area contributed by atoms with Crippen molar-refractivity contribution < 1.29 is 9.59 Å². The summed E-state index contributed by atoms with van der Waals surface area (Å²) < 4.78 is 0. The Kier molecular flexibility index (Phi) is 7.78.